The van der Waals surface area contributed by atoms with Gasteiger partial charge in [-0.15, -0.1) is 0 Å². The third-order valence-corrected chi connectivity index (χ3v) is 6.52. The zero-order valence-corrected chi connectivity index (χ0v) is 20.5. The molecule has 0 saturated carbocycles. The Kier molecular flexibility index (Phi) is 6.81. The second-order valence-electron chi connectivity index (χ2n) is 7.70. The molecule has 3 amide bonds. The Morgan fingerprint density at radius 3 is 2.17 bits per heavy atom. The molecule has 3 aromatic carbocycles. The maximum absolute atomic E-state index is 13.7. The van der Waals surface area contributed by atoms with Crippen LogP contribution in [0.4, 0.5) is 5.69 Å². The van der Waals surface area contributed by atoms with E-state index in [1.54, 1.807) is 0 Å². The van der Waals surface area contributed by atoms with Crippen LogP contribution in [0.2, 0.25) is 15.1 Å². The summed E-state index contributed by atoms with van der Waals surface area (Å²) in [5.41, 5.74) is -1.28. The molecule has 1 aliphatic heterocycles. The molecule has 12 heteroatoms. The number of carbonyl (C=O) groups is 4. The summed E-state index contributed by atoms with van der Waals surface area (Å²) in [6.45, 7) is 1.32. The van der Waals surface area contributed by atoms with Gasteiger partial charge in [0.25, 0.3) is 23.4 Å². The highest BCUT2D eigenvalue weighted by Crippen LogP contribution is 2.34. The van der Waals surface area contributed by atoms with E-state index >= 15 is 0 Å². The van der Waals surface area contributed by atoms with Gasteiger partial charge in [0.1, 0.15) is 11.6 Å². The Morgan fingerprint density at radius 2 is 1.56 bits per heavy atom. The highest BCUT2D eigenvalue weighted by atomic mass is 35.5. The van der Waals surface area contributed by atoms with Gasteiger partial charge in [-0.3, -0.25) is 29.3 Å². The SMILES string of the molecule is C[C@@H](C(=O)c1ccc(Cl)cc1)N(C(=O)c1ccc(Cl)c(Cl)c1)N1C(=O)c2cccc([N+](=O)[O-])c2C1=O. The maximum atomic E-state index is 13.7. The van der Waals surface area contributed by atoms with Gasteiger partial charge in [-0.25, -0.2) is 5.01 Å². The first-order chi connectivity index (χ1) is 17.0. The van der Waals surface area contributed by atoms with Crippen molar-refractivity contribution in [2.45, 2.75) is 13.0 Å². The molecule has 36 heavy (non-hydrogen) atoms. The van der Waals surface area contributed by atoms with E-state index in [2.05, 4.69) is 0 Å². The quantitative estimate of drug-likeness (QED) is 0.175. The molecule has 4 rings (SSSR count). The summed E-state index contributed by atoms with van der Waals surface area (Å²) in [4.78, 5) is 64.4. The normalized spacial score (nSPS) is 13.4. The number of hydrazine groups is 1. The van der Waals surface area contributed by atoms with Crippen LogP contribution in [0.3, 0.4) is 0 Å². The first-order valence-corrected chi connectivity index (χ1v) is 11.4. The lowest BCUT2D eigenvalue weighted by molar-refractivity contribution is -0.385. The van der Waals surface area contributed by atoms with E-state index in [1.165, 1.54) is 61.5 Å². The predicted molar refractivity (Wildman–Crippen MR) is 131 cm³/mol. The topological polar surface area (TPSA) is 118 Å². The first kappa shape index (κ1) is 25.3. The molecule has 0 N–H and O–H groups in total. The third kappa shape index (κ3) is 4.32. The van der Waals surface area contributed by atoms with Gasteiger partial charge in [0, 0.05) is 22.2 Å². The largest absolute Gasteiger partial charge is 0.292 e. The second-order valence-corrected chi connectivity index (χ2v) is 8.96. The van der Waals surface area contributed by atoms with Gasteiger partial charge in [-0.2, -0.15) is 5.01 Å². The minimum absolute atomic E-state index is 0.0251. The molecule has 1 aliphatic rings. The van der Waals surface area contributed by atoms with Gasteiger partial charge in [0.15, 0.2) is 5.78 Å². The fraction of sp³-hybridized carbons (Fsp3) is 0.0833. The summed E-state index contributed by atoms with van der Waals surface area (Å²) in [6.07, 6.45) is 0. The number of nitro groups is 1. The summed E-state index contributed by atoms with van der Waals surface area (Å²) in [5, 5.41) is 13.2. The van der Waals surface area contributed by atoms with E-state index in [1.807, 2.05) is 0 Å². The third-order valence-electron chi connectivity index (χ3n) is 5.53. The number of ketones is 1. The minimum Gasteiger partial charge on any atom is -0.292 e. The highest BCUT2D eigenvalue weighted by molar-refractivity contribution is 6.42. The molecule has 0 fully saturated rings. The average Bonchev–Trinajstić information content (AvgIpc) is 3.11. The average molecular weight is 547 g/mol. The lowest BCUT2D eigenvalue weighted by atomic mass is 10.0. The van der Waals surface area contributed by atoms with Crippen LogP contribution in [0.1, 0.15) is 48.4 Å². The Balaban J connectivity index is 1.85. The standard InChI is InChI=1S/C24H14Cl3N3O6/c1-12(21(31)13-5-8-15(25)9-6-13)28(22(32)14-7-10-17(26)18(27)11-14)29-23(33)16-3-2-4-19(30(35)36)20(16)24(29)34/h2-12H,1H3/t12-/m0/s1. The van der Waals surface area contributed by atoms with Crippen LogP contribution >= 0.6 is 34.8 Å². The summed E-state index contributed by atoms with van der Waals surface area (Å²) in [6, 6.07) is 11.8. The number of nitrogens with zero attached hydrogens (tertiary/aromatic N) is 3. The van der Waals surface area contributed by atoms with E-state index < -0.39 is 45.7 Å². The number of rotatable bonds is 6. The van der Waals surface area contributed by atoms with Gasteiger partial charge >= 0.3 is 0 Å². The Morgan fingerprint density at radius 1 is 0.917 bits per heavy atom. The van der Waals surface area contributed by atoms with Crippen LogP contribution in [0.5, 0.6) is 0 Å². The fourth-order valence-electron chi connectivity index (χ4n) is 3.77. The Hall–Kier alpha value is -3.79. The highest BCUT2D eigenvalue weighted by Gasteiger charge is 2.48. The minimum atomic E-state index is -1.39. The van der Waals surface area contributed by atoms with Crippen molar-refractivity contribution < 1.29 is 24.1 Å². The zero-order chi connectivity index (χ0) is 26.3. The molecular formula is C24H14Cl3N3O6. The first-order valence-electron chi connectivity index (χ1n) is 10.3. The number of nitro benzene ring substituents is 1. The second kappa shape index (κ2) is 9.69. The van der Waals surface area contributed by atoms with Crippen molar-refractivity contribution in [2.24, 2.45) is 0 Å². The van der Waals surface area contributed by atoms with Gasteiger partial charge in [0.05, 0.1) is 20.5 Å². The van der Waals surface area contributed by atoms with Crippen LogP contribution in [0.15, 0.2) is 60.7 Å². The van der Waals surface area contributed by atoms with Crippen LogP contribution in [-0.4, -0.2) is 44.5 Å². The summed E-state index contributed by atoms with van der Waals surface area (Å²) < 4.78 is 0. The van der Waals surface area contributed by atoms with E-state index in [-0.39, 0.29) is 26.7 Å². The van der Waals surface area contributed by atoms with Crippen molar-refractivity contribution in [3.8, 4) is 0 Å². The molecule has 0 aromatic heterocycles. The molecule has 3 aromatic rings. The lowest BCUT2D eigenvalue weighted by Gasteiger charge is -2.34. The summed E-state index contributed by atoms with van der Waals surface area (Å²) >= 11 is 17.9. The molecule has 0 radical (unpaired) electrons. The molecule has 1 heterocycles. The van der Waals surface area contributed by atoms with Crippen molar-refractivity contribution in [3.63, 3.8) is 0 Å². The van der Waals surface area contributed by atoms with Crippen molar-refractivity contribution in [1.82, 2.24) is 10.0 Å². The molecular weight excluding hydrogens is 533 g/mol. The van der Waals surface area contributed by atoms with Crippen LogP contribution in [-0.2, 0) is 0 Å². The molecule has 0 aliphatic carbocycles. The molecule has 0 spiro atoms. The van der Waals surface area contributed by atoms with Crippen LogP contribution in [0.25, 0.3) is 0 Å². The number of hydrogen-bond acceptors (Lipinski definition) is 6. The van der Waals surface area contributed by atoms with E-state index in [0.717, 1.165) is 6.07 Å². The van der Waals surface area contributed by atoms with Gasteiger partial charge in [0.2, 0.25) is 0 Å². The number of fused-ring (bicyclic) bond motifs is 1. The van der Waals surface area contributed by atoms with E-state index in [4.69, 9.17) is 34.8 Å². The molecule has 0 saturated heterocycles. The van der Waals surface area contributed by atoms with Crippen LogP contribution in [0, 0.1) is 10.1 Å². The number of carbonyl (C=O) groups excluding carboxylic acids is 4. The van der Waals surface area contributed by atoms with Crippen molar-refractivity contribution in [1.29, 1.82) is 0 Å². The van der Waals surface area contributed by atoms with Gasteiger partial charge in [-0.1, -0.05) is 40.9 Å². The monoisotopic (exact) mass is 545 g/mol. The Labute approximate surface area is 218 Å². The number of Topliss-reactive ketones (excluding diaryl/α,β-unsaturated/α-hetero) is 1. The number of amides is 3. The van der Waals surface area contributed by atoms with E-state index in [9.17, 15) is 29.3 Å². The molecule has 1 atom stereocenters. The van der Waals surface area contributed by atoms with Gasteiger partial charge in [-0.05, 0) is 55.5 Å². The number of benzene rings is 3. The predicted octanol–water partition coefficient (Wildman–Crippen LogP) is 5.48. The molecule has 182 valence electrons. The van der Waals surface area contributed by atoms with Crippen LogP contribution < -0.4 is 0 Å². The van der Waals surface area contributed by atoms with Gasteiger partial charge < -0.3 is 0 Å². The maximum Gasteiger partial charge on any atom is 0.287 e. The Bertz CT molecular complexity index is 1460. The number of halogens is 3. The van der Waals surface area contributed by atoms with Crippen molar-refractivity contribution in [3.05, 3.63) is 108 Å². The molecule has 0 bridgehead atoms. The summed E-state index contributed by atoms with van der Waals surface area (Å²) in [7, 11) is 0. The zero-order valence-electron chi connectivity index (χ0n) is 18.3. The summed E-state index contributed by atoms with van der Waals surface area (Å²) in [5.74, 6) is -3.67. The van der Waals surface area contributed by atoms with Crippen molar-refractivity contribution >= 4 is 64.0 Å². The molecule has 9 nitrogen and oxygen atoms in total. The molecule has 0 unspecified atom stereocenters. The number of imide groups is 1. The lowest BCUT2D eigenvalue weighted by Crippen LogP contribution is -2.56. The van der Waals surface area contributed by atoms with Crippen molar-refractivity contribution in [2.75, 3.05) is 0 Å². The van der Waals surface area contributed by atoms with E-state index in [0.29, 0.717) is 15.0 Å². The smallest absolute Gasteiger partial charge is 0.287 e. The number of hydrogen-bond donors (Lipinski definition) is 0. The fourth-order valence-corrected chi connectivity index (χ4v) is 4.20.